The lowest BCUT2D eigenvalue weighted by Gasteiger charge is -2.28. The number of carbonyl (C=O) groups is 2. The van der Waals surface area contributed by atoms with Crippen LogP contribution in [-0.4, -0.2) is 23.1 Å². The topological polar surface area (TPSA) is 37.4 Å². The Morgan fingerprint density at radius 2 is 2.17 bits per heavy atom. The molecule has 0 bridgehead atoms. The van der Waals surface area contributed by atoms with Crippen LogP contribution in [0.2, 0.25) is 0 Å². The third-order valence-corrected chi connectivity index (χ3v) is 4.58. The van der Waals surface area contributed by atoms with E-state index in [-0.39, 0.29) is 17.1 Å². The summed E-state index contributed by atoms with van der Waals surface area (Å²) < 4.78 is 0. The second-order valence-corrected chi connectivity index (χ2v) is 5.44. The van der Waals surface area contributed by atoms with Gasteiger partial charge in [-0.1, -0.05) is 24.3 Å². The standard InChI is InChI=1S/C15H13NO2/c1-9(17)16-8-10-7-15(10)12-5-3-2-4-11(12)13(18)6-14(15)16/h2-6,10H,7-8H2,1H3. The summed E-state index contributed by atoms with van der Waals surface area (Å²) in [4.78, 5) is 25.6. The molecule has 2 aliphatic carbocycles. The van der Waals surface area contributed by atoms with Crippen molar-refractivity contribution in [3.63, 3.8) is 0 Å². The molecule has 1 spiro atoms. The van der Waals surface area contributed by atoms with E-state index < -0.39 is 0 Å². The number of rotatable bonds is 0. The molecule has 1 amide bonds. The minimum Gasteiger partial charge on any atom is -0.315 e. The number of likely N-dealkylation sites (tertiary alicyclic amines) is 1. The fraction of sp³-hybridized carbons (Fsp3) is 0.333. The summed E-state index contributed by atoms with van der Waals surface area (Å²) in [6.07, 6.45) is 2.75. The fourth-order valence-corrected chi connectivity index (χ4v) is 3.69. The fourth-order valence-electron chi connectivity index (χ4n) is 3.69. The van der Waals surface area contributed by atoms with Crippen molar-refractivity contribution in [2.75, 3.05) is 6.54 Å². The van der Waals surface area contributed by atoms with Crippen LogP contribution in [0.5, 0.6) is 0 Å². The highest BCUT2D eigenvalue weighted by molar-refractivity contribution is 6.09. The van der Waals surface area contributed by atoms with Gasteiger partial charge in [-0.2, -0.15) is 0 Å². The molecule has 1 aromatic rings. The van der Waals surface area contributed by atoms with Crippen LogP contribution in [-0.2, 0) is 10.2 Å². The molecule has 90 valence electrons. The van der Waals surface area contributed by atoms with Crippen molar-refractivity contribution in [3.8, 4) is 0 Å². The predicted octanol–water partition coefficient (Wildman–Crippen LogP) is 1.89. The van der Waals surface area contributed by atoms with Crippen molar-refractivity contribution in [3.05, 3.63) is 47.2 Å². The van der Waals surface area contributed by atoms with Gasteiger partial charge in [0.2, 0.25) is 5.91 Å². The summed E-state index contributed by atoms with van der Waals surface area (Å²) in [5.74, 6) is 0.576. The Hall–Kier alpha value is -1.90. The maximum Gasteiger partial charge on any atom is 0.223 e. The van der Waals surface area contributed by atoms with Crippen molar-refractivity contribution < 1.29 is 9.59 Å². The van der Waals surface area contributed by atoms with Crippen molar-refractivity contribution in [1.82, 2.24) is 4.90 Å². The van der Waals surface area contributed by atoms with E-state index in [9.17, 15) is 9.59 Å². The molecule has 2 fully saturated rings. The molecule has 18 heavy (non-hydrogen) atoms. The van der Waals surface area contributed by atoms with Crippen LogP contribution in [0.1, 0.15) is 29.3 Å². The number of amides is 1. The van der Waals surface area contributed by atoms with Crippen LogP contribution in [0.25, 0.3) is 0 Å². The molecule has 0 aromatic heterocycles. The first-order valence-corrected chi connectivity index (χ1v) is 6.29. The lowest BCUT2D eigenvalue weighted by molar-refractivity contribution is -0.126. The molecule has 0 radical (unpaired) electrons. The van der Waals surface area contributed by atoms with Gasteiger partial charge >= 0.3 is 0 Å². The quantitative estimate of drug-likeness (QED) is 0.693. The molecule has 3 aliphatic rings. The zero-order chi connectivity index (χ0) is 12.5. The van der Waals surface area contributed by atoms with Gasteiger partial charge in [0.25, 0.3) is 0 Å². The van der Waals surface area contributed by atoms with Crippen molar-refractivity contribution in [2.24, 2.45) is 5.92 Å². The second kappa shape index (κ2) is 2.91. The van der Waals surface area contributed by atoms with Gasteiger partial charge in [0.15, 0.2) is 5.78 Å². The zero-order valence-corrected chi connectivity index (χ0v) is 10.1. The highest BCUT2D eigenvalue weighted by Crippen LogP contribution is 2.66. The lowest BCUT2D eigenvalue weighted by atomic mass is 9.81. The SMILES string of the molecule is CC(=O)N1CC2CC23C1=CC(=O)c1ccccc13. The van der Waals surface area contributed by atoms with Crippen LogP contribution < -0.4 is 0 Å². The van der Waals surface area contributed by atoms with Gasteiger partial charge in [0.1, 0.15) is 0 Å². The highest BCUT2D eigenvalue weighted by atomic mass is 16.2. The van der Waals surface area contributed by atoms with Crippen LogP contribution in [0.4, 0.5) is 0 Å². The van der Waals surface area contributed by atoms with E-state index in [0.29, 0.717) is 5.92 Å². The zero-order valence-electron chi connectivity index (χ0n) is 10.1. The van der Waals surface area contributed by atoms with E-state index >= 15 is 0 Å². The lowest BCUT2D eigenvalue weighted by Crippen LogP contribution is -2.32. The second-order valence-electron chi connectivity index (χ2n) is 5.44. The van der Waals surface area contributed by atoms with Gasteiger partial charge in [-0.3, -0.25) is 9.59 Å². The van der Waals surface area contributed by atoms with Crippen molar-refractivity contribution >= 4 is 11.7 Å². The average molecular weight is 239 g/mol. The minimum atomic E-state index is -0.0316. The number of nitrogens with zero attached hydrogens (tertiary/aromatic N) is 1. The molecule has 1 aromatic carbocycles. The molecular weight excluding hydrogens is 226 g/mol. The van der Waals surface area contributed by atoms with E-state index in [1.54, 1.807) is 17.9 Å². The first-order chi connectivity index (χ1) is 8.64. The Bertz CT molecular complexity index is 631. The van der Waals surface area contributed by atoms with Gasteiger partial charge < -0.3 is 4.90 Å². The molecule has 2 atom stereocenters. The highest BCUT2D eigenvalue weighted by Gasteiger charge is 2.66. The monoisotopic (exact) mass is 239 g/mol. The number of benzene rings is 1. The van der Waals surface area contributed by atoms with Crippen molar-refractivity contribution in [1.29, 1.82) is 0 Å². The molecule has 3 heteroatoms. The van der Waals surface area contributed by atoms with Crippen LogP contribution in [0.15, 0.2) is 36.0 Å². The van der Waals surface area contributed by atoms with Crippen LogP contribution in [0, 0.1) is 5.92 Å². The Morgan fingerprint density at radius 1 is 1.39 bits per heavy atom. The predicted molar refractivity (Wildman–Crippen MR) is 66.0 cm³/mol. The summed E-state index contributed by atoms with van der Waals surface area (Å²) in [5, 5.41) is 0. The van der Waals surface area contributed by atoms with Crippen molar-refractivity contribution in [2.45, 2.75) is 18.8 Å². The Balaban J connectivity index is 1.95. The summed E-state index contributed by atoms with van der Waals surface area (Å²) in [6.45, 7) is 2.34. The van der Waals surface area contributed by atoms with E-state index in [2.05, 4.69) is 0 Å². The third-order valence-electron chi connectivity index (χ3n) is 4.58. The molecule has 3 nitrogen and oxygen atoms in total. The number of piperidine rings is 1. The van der Waals surface area contributed by atoms with Gasteiger partial charge in [0, 0.05) is 36.2 Å². The number of ketones is 1. The first kappa shape index (κ1) is 10.1. The maximum atomic E-state index is 12.1. The molecule has 0 N–H and O–H groups in total. The Kier molecular flexibility index (Phi) is 1.63. The number of allylic oxidation sites excluding steroid dienone is 2. The normalized spacial score (nSPS) is 31.4. The largest absolute Gasteiger partial charge is 0.315 e. The van der Waals surface area contributed by atoms with E-state index in [1.165, 1.54) is 0 Å². The van der Waals surface area contributed by atoms with Crippen LogP contribution in [0.3, 0.4) is 0 Å². The number of carbonyl (C=O) groups excluding carboxylic acids is 2. The first-order valence-electron chi connectivity index (χ1n) is 6.29. The minimum absolute atomic E-state index is 0.0316. The third kappa shape index (κ3) is 0.964. The average Bonchev–Trinajstić information content (AvgIpc) is 2.99. The smallest absolute Gasteiger partial charge is 0.223 e. The number of hydrogen-bond acceptors (Lipinski definition) is 2. The van der Waals surface area contributed by atoms with Gasteiger partial charge in [-0.15, -0.1) is 0 Å². The number of hydrogen-bond donors (Lipinski definition) is 0. The molecule has 1 saturated heterocycles. The van der Waals surface area contributed by atoms with Gasteiger partial charge in [0.05, 0.1) is 0 Å². The van der Waals surface area contributed by atoms with E-state index in [4.69, 9.17) is 0 Å². The molecule has 4 rings (SSSR count). The molecule has 1 heterocycles. The molecule has 2 unspecified atom stereocenters. The molecular formula is C15H13NO2. The summed E-state index contributed by atoms with van der Waals surface area (Å²) in [5.41, 5.74) is 2.84. The van der Waals surface area contributed by atoms with Gasteiger partial charge in [-0.05, 0) is 17.9 Å². The summed E-state index contributed by atoms with van der Waals surface area (Å²) >= 11 is 0. The van der Waals surface area contributed by atoms with Gasteiger partial charge in [-0.25, -0.2) is 0 Å². The number of fused-ring (bicyclic) bond motifs is 1. The molecule has 1 saturated carbocycles. The summed E-state index contributed by atoms with van der Waals surface area (Å²) in [6, 6.07) is 7.83. The van der Waals surface area contributed by atoms with E-state index in [0.717, 1.165) is 29.8 Å². The molecule has 1 aliphatic heterocycles. The Labute approximate surface area is 105 Å². The Morgan fingerprint density at radius 3 is 2.94 bits per heavy atom. The maximum absolute atomic E-state index is 12.1. The van der Waals surface area contributed by atoms with Crippen LogP contribution >= 0.6 is 0 Å². The summed E-state index contributed by atoms with van der Waals surface area (Å²) in [7, 11) is 0. The van der Waals surface area contributed by atoms with E-state index in [1.807, 2.05) is 24.3 Å².